The number of anilines is 1. The maximum absolute atomic E-state index is 13.0. The Morgan fingerprint density at radius 2 is 1.83 bits per heavy atom. The number of carbonyl (C=O) groups is 1. The first-order valence-corrected chi connectivity index (χ1v) is 9.77. The van der Waals surface area contributed by atoms with Crippen LogP contribution in [0.3, 0.4) is 0 Å². The van der Waals surface area contributed by atoms with Crippen LogP contribution in [0.1, 0.15) is 23.5 Å². The fourth-order valence-corrected chi connectivity index (χ4v) is 3.55. The van der Waals surface area contributed by atoms with Crippen molar-refractivity contribution in [3.05, 3.63) is 83.9 Å². The molecule has 1 unspecified atom stereocenters. The van der Waals surface area contributed by atoms with Crippen LogP contribution in [0.2, 0.25) is 0 Å². The summed E-state index contributed by atoms with van der Waals surface area (Å²) in [7, 11) is 0. The normalized spacial score (nSPS) is 12.1. The van der Waals surface area contributed by atoms with Crippen molar-refractivity contribution in [1.29, 1.82) is 0 Å². The highest BCUT2D eigenvalue weighted by molar-refractivity contribution is 6.00. The molecule has 29 heavy (non-hydrogen) atoms. The molecule has 0 saturated heterocycles. The lowest BCUT2D eigenvalue weighted by atomic mass is 9.94. The molecular weight excluding hydrogens is 360 g/mol. The zero-order valence-electron chi connectivity index (χ0n) is 16.4. The van der Waals surface area contributed by atoms with Gasteiger partial charge in [0.25, 0.3) is 0 Å². The van der Waals surface area contributed by atoms with Gasteiger partial charge in [-0.15, -0.1) is 0 Å². The summed E-state index contributed by atoms with van der Waals surface area (Å²) in [5.74, 6) is -0.334. The molecule has 1 atom stereocenters. The molecule has 5 nitrogen and oxygen atoms in total. The van der Waals surface area contributed by atoms with Crippen molar-refractivity contribution in [1.82, 2.24) is 10.2 Å². The minimum atomic E-state index is -0.280. The number of H-pyrrole nitrogens is 1. The summed E-state index contributed by atoms with van der Waals surface area (Å²) in [5, 5.41) is 11.6. The Hall–Kier alpha value is -3.44. The topological polar surface area (TPSA) is 83.8 Å². The molecule has 1 heterocycles. The van der Waals surface area contributed by atoms with Crippen molar-refractivity contribution in [2.45, 2.75) is 19.3 Å². The Morgan fingerprint density at radius 1 is 1.07 bits per heavy atom. The smallest absolute Gasteiger partial charge is 0.231 e. The van der Waals surface area contributed by atoms with Gasteiger partial charge in [-0.05, 0) is 43.7 Å². The standard InChI is InChI=1S/C24H24N4O/c1-16-7-9-18(10-8-16)23-21-15-19(11-12-22(21)27-28-23)26-24(29)20(13-14-25)17-5-3-2-4-6-17/h2-12,15,20H,13-14,25H2,1H3,(H,26,29)(H,27,28). The Balaban J connectivity index is 1.63. The number of carbonyl (C=O) groups excluding carboxylic acids is 1. The van der Waals surface area contributed by atoms with Crippen LogP contribution in [0.25, 0.3) is 22.2 Å². The summed E-state index contributed by atoms with van der Waals surface area (Å²) < 4.78 is 0. The van der Waals surface area contributed by atoms with Crippen molar-refractivity contribution in [2.24, 2.45) is 5.73 Å². The maximum atomic E-state index is 13.0. The van der Waals surface area contributed by atoms with E-state index in [2.05, 4.69) is 46.7 Å². The number of aromatic amines is 1. The largest absolute Gasteiger partial charge is 0.330 e. The van der Waals surface area contributed by atoms with Crippen LogP contribution in [-0.2, 0) is 4.79 Å². The van der Waals surface area contributed by atoms with E-state index in [4.69, 9.17) is 5.73 Å². The van der Waals surface area contributed by atoms with Crippen LogP contribution in [0.4, 0.5) is 5.69 Å². The molecular formula is C24H24N4O. The van der Waals surface area contributed by atoms with Gasteiger partial charge in [0.2, 0.25) is 5.91 Å². The molecule has 4 N–H and O–H groups in total. The lowest BCUT2D eigenvalue weighted by Crippen LogP contribution is -2.23. The minimum absolute atomic E-state index is 0.0543. The molecule has 3 aromatic carbocycles. The van der Waals surface area contributed by atoms with Gasteiger partial charge in [0, 0.05) is 16.6 Å². The van der Waals surface area contributed by atoms with Crippen molar-refractivity contribution in [2.75, 3.05) is 11.9 Å². The number of amides is 1. The molecule has 0 aliphatic heterocycles. The molecule has 0 bridgehead atoms. The van der Waals surface area contributed by atoms with Crippen molar-refractivity contribution in [3.63, 3.8) is 0 Å². The molecule has 0 fully saturated rings. The van der Waals surface area contributed by atoms with E-state index in [0.29, 0.717) is 13.0 Å². The number of aryl methyl sites for hydroxylation is 1. The Labute approximate surface area is 170 Å². The van der Waals surface area contributed by atoms with Gasteiger partial charge in [0.1, 0.15) is 0 Å². The average Bonchev–Trinajstić information content (AvgIpc) is 3.16. The summed E-state index contributed by atoms with van der Waals surface area (Å²) >= 11 is 0. The second-order valence-electron chi connectivity index (χ2n) is 7.23. The Kier molecular flexibility index (Phi) is 5.40. The number of nitrogens with one attached hydrogen (secondary N) is 2. The van der Waals surface area contributed by atoms with Crippen LogP contribution in [-0.4, -0.2) is 22.6 Å². The Morgan fingerprint density at radius 3 is 2.55 bits per heavy atom. The SMILES string of the molecule is Cc1ccc(-c2n[nH]c3ccc(NC(=O)C(CCN)c4ccccc4)cc23)cc1. The summed E-state index contributed by atoms with van der Waals surface area (Å²) in [4.78, 5) is 13.0. The number of nitrogens with zero attached hydrogens (tertiary/aromatic N) is 1. The maximum Gasteiger partial charge on any atom is 0.231 e. The van der Waals surface area contributed by atoms with E-state index < -0.39 is 0 Å². The van der Waals surface area contributed by atoms with E-state index in [-0.39, 0.29) is 11.8 Å². The van der Waals surface area contributed by atoms with E-state index in [1.807, 2.05) is 48.5 Å². The number of hydrogen-bond donors (Lipinski definition) is 3. The summed E-state index contributed by atoms with van der Waals surface area (Å²) in [5.41, 5.74) is 11.5. The van der Waals surface area contributed by atoms with Crippen LogP contribution < -0.4 is 11.1 Å². The molecule has 1 amide bonds. The molecule has 0 spiro atoms. The van der Waals surface area contributed by atoms with Crippen LogP contribution in [0.5, 0.6) is 0 Å². The zero-order valence-corrected chi connectivity index (χ0v) is 16.4. The molecule has 4 rings (SSSR count). The molecule has 146 valence electrons. The molecule has 1 aromatic heterocycles. The second-order valence-corrected chi connectivity index (χ2v) is 7.23. The van der Waals surface area contributed by atoms with Crippen molar-refractivity contribution in [3.8, 4) is 11.3 Å². The first kappa shape index (κ1) is 18.9. The third kappa shape index (κ3) is 4.05. The van der Waals surface area contributed by atoms with Gasteiger partial charge in [-0.25, -0.2) is 0 Å². The van der Waals surface area contributed by atoms with Gasteiger partial charge in [0.15, 0.2) is 0 Å². The number of rotatable bonds is 6. The fraction of sp³-hybridized carbons (Fsp3) is 0.167. The first-order valence-electron chi connectivity index (χ1n) is 9.77. The predicted octanol–water partition coefficient (Wildman–Crippen LogP) is 4.61. The van der Waals surface area contributed by atoms with Gasteiger partial charge in [-0.2, -0.15) is 5.10 Å². The van der Waals surface area contributed by atoms with Crippen LogP contribution in [0, 0.1) is 6.92 Å². The quantitative estimate of drug-likeness (QED) is 0.454. The lowest BCUT2D eigenvalue weighted by Gasteiger charge is -2.16. The lowest BCUT2D eigenvalue weighted by molar-refractivity contribution is -0.117. The van der Waals surface area contributed by atoms with Crippen molar-refractivity contribution < 1.29 is 4.79 Å². The molecule has 4 aromatic rings. The molecule has 0 saturated carbocycles. The highest BCUT2D eigenvalue weighted by Crippen LogP contribution is 2.29. The van der Waals surface area contributed by atoms with Gasteiger partial charge < -0.3 is 11.1 Å². The first-order chi connectivity index (χ1) is 14.2. The fourth-order valence-electron chi connectivity index (χ4n) is 3.55. The second kappa shape index (κ2) is 8.29. The molecule has 0 radical (unpaired) electrons. The molecule has 0 aliphatic rings. The molecule has 5 heteroatoms. The van der Waals surface area contributed by atoms with E-state index in [1.165, 1.54) is 5.56 Å². The third-order valence-corrected chi connectivity index (χ3v) is 5.13. The monoisotopic (exact) mass is 384 g/mol. The summed E-state index contributed by atoms with van der Waals surface area (Å²) in [6.45, 7) is 2.51. The number of hydrogen-bond acceptors (Lipinski definition) is 3. The van der Waals surface area contributed by atoms with E-state index in [1.54, 1.807) is 0 Å². The van der Waals surface area contributed by atoms with Gasteiger partial charge in [0.05, 0.1) is 17.1 Å². The zero-order chi connectivity index (χ0) is 20.2. The van der Waals surface area contributed by atoms with Gasteiger partial charge in [-0.3, -0.25) is 9.89 Å². The average molecular weight is 384 g/mol. The number of fused-ring (bicyclic) bond motifs is 1. The predicted molar refractivity (Wildman–Crippen MR) is 118 cm³/mol. The van der Waals surface area contributed by atoms with Gasteiger partial charge >= 0.3 is 0 Å². The van der Waals surface area contributed by atoms with E-state index in [9.17, 15) is 4.79 Å². The van der Waals surface area contributed by atoms with E-state index in [0.717, 1.165) is 33.4 Å². The van der Waals surface area contributed by atoms with Crippen molar-refractivity contribution >= 4 is 22.5 Å². The minimum Gasteiger partial charge on any atom is -0.330 e. The van der Waals surface area contributed by atoms with Gasteiger partial charge in [-0.1, -0.05) is 60.2 Å². The van der Waals surface area contributed by atoms with E-state index >= 15 is 0 Å². The van der Waals surface area contributed by atoms with Crippen LogP contribution in [0.15, 0.2) is 72.8 Å². The number of benzene rings is 3. The Bertz CT molecular complexity index is 1120. The molecule has 0 aliphatic carbocycles. The highest BCUT2D eigenvalue weighted by atomic mass is 16.1. The summed E-state index contributed by atoms with van der Waals surface area (Å²) in [6.07, 6.45) is 0.596. The number of nitrogens with two attached hydrogens (primary N) is 1. The summed E-state index contributed by atoms with van der Waals surface area (Å²) in [6, 6.07) is 23.8. The number of aromatic nitrogens is 2. The third-order valence-electron chi connectivity index (χ3n) is 5.13. The highest BCUT2D eigenvalue weighted by Gasteiger charge is 2.20. The van der Waals surface area contributed by atoms with Crippen LogP contribution >= 0.6 is 0 Å².